The molecule has 9 nitrogen and oxygen atoms in total. The van der Waals surface area contributed by atoms with E-state index < -0.39 is 0 Å². The highest BCUT2D eigenvalue weighted by atomic mass is 16.5. The Kier molecular flexibility index (Phi) is 8.00. The molecule has 1 aromatic heterocycles. The normalized spacial score (nSPS) is 22.4. The molecule has 1 aromatic rings. The van der Waals surface area contributed by atoms with Crippen molar-refractivity contribution in [3.8, 4) is 0 Å². The summed E-state index contributed by atoms with van der Waals surface area (Å²) in [6.07, 6.45) is 8.22. The highest BCUT2D eigenvalue weighted by Gasteiger charge is 2.33. The number of ether oxygens (including phenoxy) is 1. The lowest BCUT2D eigenvalue weighted by atomic mass is 9.85. The van der Waals surface area contributed by atoms with Crippen molar-refractivity contribution in [3.63, 3.8) is 0 Å². The second-order valence-electron chi connectivity index (χ2n) is 8.19. The van der Waals surface area contributed by atoms with E-state index in [0.29, 0.717) is 32.2 Å². The molecule has 1 saturated heterocycles. The number of carbonyl (C=O) groups is 2. The molecular formula is C20H34N6O3. The van der Waals surface area contributed by atoms with E-state index in [4.69, 9.17) is 4.74 Å². The van der Waals surface area contributed by atoms with E-state index in [1.807, 2.05) is 4.57 Å². The van der Waals surface area contributed by atoms with E-state index >= 15 is 0 Å². The number of hydrogen-bond donors (Lipinski definition) is 2. The first kappa shape index (κ1) is 21.7. The van der Waals surface area contributed by atoms with E-state index in [1.54, 1.807) is 13.4 Å². The molecule has 1 aliphatic heterocycles. The maximum atomic E-state index is 12.4. The van der Waals surface area contributed by atoms with Crippen molar-refractivity contribution in [2.45, 2.75) is 70.1 Å². The van der Waals surface area contributed by atoms with Gasteiger partial charge < -0.3 is 19.9 Å². The number of likely N-dealkylation sites (N-methyl/N-ethyl adjacent to an activating group) is 1. The molecule has 0 unspecified atom stereocenters. The molecule has 0 radical (unpaired) electrons. The van der Waals surface area contributed by atoms with Gasteiger partial charge in [0.15, 0.2) is 5.82 Å². The molecule has 2 aliphatic rings. The Balaban J connectivity index is 1.37. The number of nitrogens with one attached hydrogen (secondary N) is 2. The Morgan fingerprint density at radius 2 is 2.00 bits per heavy atom. The van der Waals surface area contributed by atoms with Crippen LogP contribution in [0.25, 0.3) is 0 Å². The number of amides is 2. The zero-order chi connectivity index (χ0) is 20.6. The fraction of sp³-hybridized carbons (Fsp3) is 0.800. The van der Waals surface area contributed by atoms with Crippen LogP contribution >= 0.6 is 0 Å². The van der Waals surface area contributed by atoms with E-state index in [0.717, 1.165) is 44.5 Å². The third-order valence-electron chi connectivity index (χ3n) is 6.28. The Hall–Kier alpha value is -2.00. The summed E-state index contributed by atoms with van der Waals surface area (Å²) in [7, 11) is 3.73. The second kappa shape index (κ2) is 10.7. The third kappa shape index (κ3) is 5.99. The predicted molar refractivity (Wildman–Crippen MR) is 108 cm³/mol. The summed E-state index contributed by atoms with van der Waals surface area (Å²) in [6, 6.07) is 0.515. The Bertz CT molecular complexity index is 675. The smallest absolute Gasteiger partial charge is 0.223 e. The van der Waals surface area contributed by atoms with Gasteiger partial charge in [-0.25, -0.2) is 0 Å². The van der Waals surface area contributed by atoms with Gasteiger partial charge in [0.2, 0.25) is 11.8 Å². The third-order valence-corrected chi connectivity index (χ3v) is 6.28. The number of likely N-dealkylation sites (tertiary alicyclic amines) is 1. The summed E-state index contributed by atoms with van der Waals surface area (Å²) < 4.78 is 7.02. The number of rotatable bonds is 11. The van der Waals surface area contributed by atoms with Gasteiger partial charge in [0.05, 0.1) is 6.54 Å². The van der Waals surface area contributed by atoms with Crippen molar-refractivity contribution >= 4 is 11.8 Å². The predicted octanol–water partition coefficient (Wildman–Crippen LogP) is 0.700. The molecule has 29 heavy (non-hydrogen) atoms. The number of carbonyl (C=O) groups excluding carboxylic acids is 2. The van der Waals surface area contributed by atoms with E-state index in [1.165, 1.54) is 6.42 Å². The highest BCUT2D eigenvalue weighted by Crippen LogP contribution is 2.27. The number of nitrogens with zero attached hydrogens (tertiary/aromatic N) is 4. The molecular weight excluding hydrogens is 372 g/mol. The zero-order valence-electron chi connectivity index (χ0n) is 17.6. The van der Waals surface area contributed by atoms with Crippen molar-refractivity contribution in [1.82, 2.24) is 30.3 Å². The van der Waals surface area contributed by atoms with Crippen LogP contribution < -0.4 is 10.6 Å². The first-order valence-electron chi connectivity index (χ1n) is 10.7. The van der Waals surface area contributed by atoms with Crippen LogP contribution in [0, 0.1) is 5.92 Å². The molecule has 2 N–H and O–H groups in total. The van der Waals surface area contributed by atoms with Crippen LogP contribution in [0.5, 0.6) is 0 Å². The molecule has 0 bridgehead atoms. The lowest BCUT2D eigenvalue weighted by molar-refractivity contribution is -0.127. The quantitative estimate of drug-likeness (QED) is 0.525. The Labute approximate surface area is 172 Å². The van der Waals surface area contributed by atoms with Crippen molar-refractivity contribution in [2.24, 2.45) is 5.92 Å². The lowest BCUT2D eigenvalue weighted by Gasteiger charge is -2.28. The fourth-order valence-corrected chi connectivity index (χ4v) is 4.06. The first-order valence-corrected chi connectivity index (χ1v) is 10.7. The van der Waals surface area contributed by atoms with Crippen LogP contribution in [0.4, 0.5) is 0 Å². The number of aryl methyl sites for hydroxylation is 1. The van der Waals surface area contributed by atoms with Crippen molar-refractivity contribution in [3.05, 3.63) is 12.2 Å². The lowest BCUT2D eigenvalue weighted by Crippen LogP contribution is -2.44. The molecule has 0 spiro atoms. The molecule has 2 atom stereocenters. The molecule has 0 aromatic carbocycles. The van der Waals surface area contributed by atoms with Crippen LogP contribution in [-0.4, -0.2) is 70.9 Å². The van der Waals surface area contributed by atoms with E-state index in [9.17, 15) is 9.59 Å². The first-order chi connectivity index (χ1) is 14.1. The van der Waals surface area contributed by atoms with Gasteiger partial charge >= 0.3 is 0 Å². The van der Waals surface area contributed by atoms with Crippen LogP contribution in [-0.2, 0) is 27.4 Å². The summed E-state index contributed by atoms with van der Waals surface area (Å²) in [6.45, 7) is 2.50. The van der Waals surface area contributed by atoms with Gasteiger partial charge in [-0.2, -0.15) is 0 Å². The molecule has 9 heteroatoms. The minimum Gasteiger partial charge on any atom is -0.385 e. The van der Waals surface area contributed by atoms with Crippen molar-refractivity contribution < 1.29 is 14.3 Å². The zero-order valence-corrected chi connectivity index (χ0v) is 17.6. The number of methoxy groups -OCH3 is 1. The van der Waals surface area contributed by atoms with Crippen LogP contribution in [0.15, 0.2) is 6.33 Å². The molecule has 2 fully saturated rings. The van der Waals surface area contributed by atoms with Crippen LogP contribution in [0.3, 0.4) is 0 Å². The average Bonchev–Trinajstić information content (AvgIpc) is 3.24. The number of aromatic nitrogens is 3. The molecule has 2 amide bonds. The summed E-state index contributed by atoms with van der Waals surface area (Å²) in [5.74, 6) is 1.19. The van der Waals surface area contributed by atoms with Crippen LogP contribution in [0.2, 0.25) is 0 Å². The van der Waals surface area contributed by atoms with Gasteiger partial charge in [0.1, 0.15) is 6.33 Å². The van der Waals surface area contributed by atoms with Crippen molar-refractivity contribution in [2.75, 3.05) is 27.3 Å². The van der Waals surface area contributed by atoms with Crippen LogP contribution in [0.1, 0.15) is 50.8 Å². The molecule has 3 rings (SSSR count). The molecule has 2 heterocycles. The minimum absolute atomic E-state index is 0.0208. The average molecular weight is 407 g/mol. The SMILES string of the molecule is COCCCn1cnnc1CNC(=O)C[C@H]1CC[C@@H](CNC(=O)C2CCC2)N1C. The van der Waals surface area contributed by atoms with Crippen molar-refractivity contribution in [1.29, 1.82) is 0 Å². The van der Waals surface area contributed by atoms with E-state index in [2.05, 4.69) is 32.8 Å². The van der Waals surface area contributed by atoms with E-state index in [-0.39, 0.29) is 23.8 Å². The molecule has 1 aliphatic carbocycles. The van der Waals surface area contributed by atoms with Gasteiger partial charge in [-0.15, -0.1) is 10.2 Å². The summed E-state index contributed by atoms with van der Waals surface area (Å²) in [4.78, 5) is 26.7. The number of hydrogen-bond acceptors (Lipinski definition) is 6. The Morgan fingerprint density at radius 1 is 1.21 bits per heavy atom. The minimum atomic E-state index is 0.0208. The highest BCUT2D eigenvalue weighted by molar-refractivity contribution is 5.79. The standard InChI is InChI=1S/C20H34N6O3/c1-25-16(7-8-17(25)12-22-20(28)15-5-3-6-15)11-19(27)21-13-18-24-23-14-26(18)9-4-10-29-2/h14-17H,3-13H2,1-2H3,(H,21,27)(H,22,28)/t16-,17+/m1/s1. The maximum Gasteiger partial charge on any atom is 0.223 e. The van der Waals surface area contributed by atoms with Gasteiger partial charge in [-0.3, -0.25) is 14.5 Å². The topological polar surface area (TPSA) is 101 Å². The Morgan fingerprint density at radius 3 is 2.72 bits per heavy atom. The summed E-state index contributed by atoms with van der Waals surface area (Å²) in [5.41, 5.74) is 0. The molecule has 1 saturated carbocycles. The largest absolute Gasteiger partial charge is 0.385 e. The summed E-state index contributed by atoms with van der Waals surface area (Å²) in [5, 5.41) is 14.1. The van der Waals surface area contributed by atoms with Gasteiger partial charge in [0, 0.05) is 51.2 Å². The molecule has 162 valence electrons. The van der Waals surface area contributed by atoms with Gasteiger partial charge in [-0.1, -0.05) is 6.42 Å². The second-order valence-corrected chi connectivity index (χ2v) is 8.19. The monoisotopic (exact) mass is 406 g/mol. The summed E-state index contributed by atoms with van der Waals surface area (Å²) >= 11 is 0. The maximum absolute atomic E-state index is 12.4. The van der Waals surface area contributed by atoms with Gasteiger partial charge in [-0.05, 0) is 39.2 Å². The fourth-order valence-electron chi connectivity index (χ4n) is 4.06. The van der Waals surface area contributed by atoms with Gasteiger partial charge in [0.25, 0.3) is 0 Å².